The molecule has 3 aromatic rings. The monoisotopic (exact) mass is 551 g/mol. The van der Waals surface area contributed by atoms with Gasteiger partial charge in [0.25, 0.3) is 0 Å². The van der Waals surface area contributed by atoms with Gasteiger partial charge in [0.2, 0.25) is 17.8 Å². The topological polar surface area (TPSA) is 120 Å². The highest BCUT2D eigenvalue weighted by Crippen LogP contribution is 2.40. The van der Waals surface area contributed by atoms with E-state index >= 15 is 0 Å². The molecule has 0 bridgehead atoms. The first-order valence-electron chi connectivity index (χ1n) is 13.1. The number of carbonyl (C=O) groups is 2. The minimum absolute atomic E-state index is 0.0135. The molecular weight excluding hydrogens is 518 g/mol. The lowest BCUT2D eigenvalue weighted by Crippen LogP contribution is -2.43. The third-order valence-corrected chi connectivity index (χ3v) is 7.56. The van der Waals surface area contributed by atoms with E-state index in [0.29, 0.717) is 29.9 Å². The number of likely N-dealkylation sites (tertiary alicyclic amines) is 1. The molecule has 1 fully saturated rings. The number of hydrogen-bond donors (Lipinski definition) is 3. The van der Waals surface area contributed by atoms with Crippen molar-refractivity contribution in [3.8, 4) is 0 Å². The van der Waals surface area contributed by atoms with Gasteiger partial charge in [0.05, 0.1) is 36.1 Å². The third-order valence-electron chi connectivity index (χ3n) is 7.28. The van der Waals surface area contributed by atoms with Gasteiger partial charge in [0, 0.05) is 31.5 Å². The Labute approximate surface area is 232 Å². The van der Waals surface area contributed by atoms with Crippen molar-refractivity contribution in [2.45, 2.75) is 44.7 Å². The minimum atomic E-state index is -0.617. The van der Waals surface area contributed by atoms with E-state index in [-0.39, 0.29) is 17.9 Å². The molecule has 12 heteroatoms. The average Bonchev–Trinajstić information content (AvgIpc) is 3.45. The lowest BCUT2D eigenvalue weighted by molar-refractivity contribution is -0.133. The van der Waals surface area contributed by atoms with Crippen LogP contribution >= 0.6 is 11.6 Å². The highest BCUT2D eigenvalue weighted by Gasteiger charge is 2.39. The van der Waals surface area contributed by atoms with Crippen LogP contribution < -0.4 is 16.0 Å². The van der Waals surface area contributed by atoms with Gasteiger partial charge in [-0.25, -0.2) is 4.98 Å². The van der Waals surface area contributed by atoms with Crippen LogP contribution in [0.15, 0.2) is 36.8 Å². The Morgan fingerprint density at radius 1 is 1.23 bits per heavy atom. The molecule has 5 rings (SSSR count). The summed E-state index contributed by atoms with van der Waals surface area (Å²) in [6.07, 6.45) is 6.94. The summed E-state index contributed by atoms with van der Waals surface area (Å²) in [6, 6.07) is 6.07. The summed E-state index contributed by atoms with van der Waals surface area (Å²) in [4.78, 5) is 37.5. The zero-order valence-electron chi connectivity index (χ0n) is 22.7. The largest absolute Gasteiger partial charge is 0.365 e. The number of benzene rings is 1. The number of nitrogens with one attached hydrogen (secondary N) is 3. The third kappa shape index (κ3) is 5.69. The summed E-state index contributed by atoms with van der Waals surface area (Å²) < 4.78 is 1.94. The second-order valence-corrected chi connectivity index (χ2v) is 11.3. The van der Waals surface area contributed by atoms with Gasteiger partial charge in [-0.1, -0.05) is 23.7 Å². The summed E-state index contributed by atoms with van der Waals surface area (Å²) in [5.74, 6) is 1.03. The van der Waals surface area contributed by atoms with Crippen LogP contribution in [0.25, 0.3) is 0 Å². The van der Waals surface area contributed by atoms with Crippen LogP contribution in [-0.4, -0.2) is 75.1 Å². The summed E-state index contributed by atoms with van der Waals surface area (Å²) in [7, 11) is 3.81. The molecule has 3 N–H and O–H groups in total. The number of carbonyl (C=O) groups excluding carboxylic acids is 2. The molecule has 0 spiro atoms. The molecule has 0 atom stereocenters. The Morgan fingerprint density at radius 3 is 2.74 bits per heavy atom. The van der Waals surface area contributed by atoms with Crippen LogP contribution in [0, 0.1) is 0 Å². The van der Waals surface area contributed by atoms with Crippen molar-refractivity contribution in [1.82, 2.24) is 29.5 Å². The van der Waals surface area contributed by atoms with Crippen LogP contribution in [0.5, 0.6) is 0 Å². The van der Waals surface area contributed by atoms with Gasteiger partial charge in [0.1, 0.15) is 5.02 Å². The minimum Gasteiger partial charge on any atom is -0.365 e. The molecule has 2 aromatic heterocycles. The number of nitrogens with zero attached hydrogens (tertiary/aromatic N) is 6. The molecular formula is C27H34ClN9O2. The SMILES string of the molecule is CN(C)CC(=O)N1CCC(n2cc(Nc3ncc(Cl)c(NCc4cccc5c4C(C)(C)C(=O)N5)n3)cn2)CC1. The van der Waals surface area contributed by atoms with Crippen molar-refractivity contribution in [1.29, 1.82) is 0 Å². The van der Waals surface area contributed by atoms with Gasteiger partial charge in [-0.15, -0.1) is 0 Å². The van der Waals surface area contributed by atoms with Crippen LogP contribution in [0.4, 0.5) is 23.1 Å². The molecule has 0 aliphatic carbocycles. The van der Waals surface area contributed by atoms with Crippen LogP contribution in [0.2, 0.25) is 5.02 Å². The van der Waals surface area contributed by atoms with E-state index in [2.05, 4.69) is 31.0 Å². The number of piperidine rings is 1. The van der Waals surface area contributed by atoms with E-state index in [0.717, 1.165) is 48.4 Å². The highest BCUT2D eigenvalue weighted by molar-refractivity contribution is 6.32. The van der Waals surface area contributed by atoms with Crippen molar-refractivity contribution in [3.63, 3.8) is 0 Å². The molecule has 0 unspecified atom stereocenters. The molecule has 2 amide bonds. The Balaban J connectivity index is 1.22. The Bertz CT molecular complexity index is 1380. The second-order valence-electron chi connectivity index (χ2n) is 10.8. The quantitative estimate of drug-likeness (QED) is 0.388. The fourth-order valence-electron chi connectivity index (χ4n) is 5.19. The maximum absolute atomic E-state index is 12.4. The highest BCUT2D eigenvalue weighted by atomic mass is 35.5. The predicted octanol–water partition coefficient (Wildman–Crippen LogP) is 3.64. The molecule has 11 nitrogen and oxygen atoms in total. The van der Waals surface area contributed by atoms with Crippen LogP contribution in [0.1, 0.15) is 43.9 Å². The smallest absolute Gasteiger partial charge is 0.236 e. The van der Waals surface area contributed by atoms with E-state index in [1.54, 1.807) is 12.4 Å². The van der Waals surface area contributed by atoms with E-state index in [1.165, 1.54) is 0 Å². The number of fused-ring (bicyclic) bond motifs is 1. The van der Waals surface area contributed by atoms with Gasteiger partial charge in [0.15, 0.2) is 5.82 Å². The van der Waals surface area contributed by atoms with E-state index in [9.17, 15) is 9.59 Å². The van der Waals surface area contributed by atoms with E-state index in [4.69, 9.17) is 11.6 Å². The standard InChI is InChI=1S/C27H34ClN9O2/c1-27(2)23-17(6-5-7-21(23)33-25(27)39)12-29-24-20(28)14-30-26(34-24)32-18-13-31-37(15-18)19-8-10-36(11-9-19)22(38)16-35(3)4/h5-7,13-15,19H,8-12,16H2,1-4H3,(H,33,39)(H2,29,30,32,34). The first kappa shape index (κ1) is 26.9. The number of amides is 2. The molecule has 1 saturated heterocycles. The summed E-state index contributed by atoms with van der Waals surface area (Å²) in [5.41, 5.74) is 2.96. The van der Waals surface area contributed by atoms with E-state index in [1.807, 2.05) is 66.8 Å². The van der Waals surface area contributed by atoms with Crippen molar-refractivity contribution in [3.05, 3.63) is 52.9 Å². The zero-order valence-corrected chi connectivity index (χ0v) is 23.4. The van der Waals surface area contributed by atoms with Crippen LogP contribution in [-0.2, 0) is 21.5 Å². The van der Waals surface area contributed by atoms with Gasteiger partial charge >= 0.3 is 0 Å². The summed E-state index contributed by atoms with van der Waals surface area (Å²) in [5, 5.41) is 14.4. The Hall–Kier alpha value is -3.70. The fourth-order valence-corrected chi connectivity index (χ4v) is 5.35. The first-order chi connectivity index (χ1) is 18.6. The molecule has 0 saturated carbocycles. The number of hydrogen-bond acceptors (Lipinski definition) is 8. The predicted molar refractivity (Wildman–Crippen MR) is 151 cm³/mol. The lowest BCUT2D eigenvalue weighted by Gasteiger charge is -2.32. The maximum Gasteiger partial charge on any atom is 0.236 e. The second kappa shape index (κ2) is 10.8. The van der Waals surface area contributed by atoms with Gasteiger partial charge in [-0.2, -0.15) is 10.1 Å². The van der Waals surface area contributed by atoms with Gasteiger partial charge in [-0.05, 0) is 58.0 Å². The van der Waals surface area contributed by atoms with Gasteiger partial charge < -0.3 is 25.8 Å². The number of halogens is 1. The number of rotatable bonds is 8. The normalized spacial score (nSPS) is 16.8. The lowest BCUT2D eigenvalue weighted by atomic mass is 9.83. The number of anilines is 4. The molecule has 4 heterocycles. The van der Waals surface area contributed by atoms with Crippen LogP contribution in [0.3, 0.4) is 0 Å². The molecule has 0 radical (unpaired) electrons. The van der Waals surface area contributed by atoms with E-state index < -0.39 is 5.41 Å². The molecule has 206 valence electrons. The van der Waals surface area contributed by atoms with Gasteiger partial charge in [-0.3, -0.25) is 14.3 Å². The number of aromatic nitrogens is 4. The van der Waals surface area contributed by atoms with Crippen molar-refractivity contribution < 1.29 is 9.59 Å². The Kier molecular flexibility index (Phi) is 7.46. The molecule has 1 aromatic carbocycles. The first-order valence-corrected chi connectivity index (χ1v) is 13.4. The Morgan fingerprint density at radius 2 is 2.00 bits per heavy atom. The van der Waals surface area contributed by atoms with Crippen molar-refractivity contribution in [2.24, 2.45) is 0 Å². The van der Waals surface area contributed by atoms with Crippen molar-refractivity contribution in [2.75, 3.05) is 49.7 Å². The average molecular weight is 552 g/mol. The number of likely N-dealkylation sites (N-methyl/N-ethyl adjacent to an activating group) is 1. The zero-order chi connectivity index (χ0) is 27.7. The summed E-state index contributed by atoms with van der Waals surface area (Å²) in [6.45, 7) is 6.17. The fraction of sp³-hybridized carbons (Fsp3) is 0.444. The van der Waals surface area contributed by atoms with Crippen molar-refractivity contribution >= 4 is 46.6 Å². The molecule has 2 aliphatic heterocycles. The molecule has 2 aliphatic rings. The maximum atomic E-state index is 12.4. The molecule has 39 heavy (non-hydrogen) atoms. The summed E-state index contributed by atoms with van der Waals surface area (Å²) >= 11 is 6.40.